The summed E-state index contributed by atoms with van der Waals surface area (Å²) < 4.78 is 29.2. The van der Waals surface area contributed by atoms with Gasteiger partial charge in [0.15, 0.2) is 0 Å². The van der Waals surface area contributed by atoms with E-state index in [2.05, 4.69) is 5.32 Å². The highest BCUT2D eigenvalue weighted by Gasteiger charge is 2.21. The fourth-order valence-corrected chi connectivity index (χ4v) is 3.76. The molecule has 3 aromatic rings. The summed E-state index contributed by atoms with van der Waals surface area (Å²) in [6, 6.07) is 17.4. The largest absolute Gasteiger partial charge is 0.455 e. The van der Waals surface area contributed by atoms with Crippen LogP contribution in [0.5, 0.6) is 11.5 Å². The molecule has 170 valence electrons. The lowest BCUT2D eigenvalue weighted by Gasteiger charge is -2.21. The summed E-state index contributed by atoms with van der Waals surface area (Å²) in [7, 11) is -3.92. The first kappa shape index (κ1) is 24.3. The van der Waals surface area contributed by atoms with E-state index in [1.807, 2.05) is 32.9 Å². The third kappa shape index (κ3) is 5.90. The smallest absolute Gasteiger partial charge is 0.259 e. The SMILES string of the molecule is CC(C)(C)c1ccc(C(=O)Nc2cccc(S(N)(=O)=O)c2)c(Oc2ccc(C#N)cc2Cl)c1. The second-order valence-electron chi connectivity index (χ2n) is 8.35. The molecule has 3 rings (SSSR count). The summed E-state index contributed by atoms with van der Waals surface area (Å²) in [5.41, 5.74) is 1.56. The number of nitrogens with two attached hydrogens (primary N) is 1. The van der Waals surface area contributed by atoms with Crippen molar-refractivity contribution in [2.45, 2.75) is 31.1 Å². The van der Waals surface area contributed by atoms with E-state index >= 15 is 0 Å². The average molecular weight is 484 g/mol. The molecule has 0 saturated heterocycles. The number of nitrogens with one attached hydrogen (secondary N) is 1. The molecule has 0 spiro atoms. The molecule has 3 N–H and O–H groups in total. The zero-order valence-corrected chi connectivity index (χ0v) is 19.8. The van der Waals surface area contributed by atoms with Crippen LogP contribution in [-0.2, 0) is 15.4 Å². The van der Waals surface area contributed by atoms with E-state index in [1.54, 1.807) is 30.3 Å². The monoisotopic (exact) mass is 483 g/mol. The maximum Gasteiger partial charge on any atom is 0.259 e. The van der Waals surface area contributed by atoms with Crippen LogP contribution in [0.4, 0.5) is 5.69 Å². The summed E-state index contributed by atoms with van der Waals surface area (Å²) in [6.45, 7) is 6.08. The first-order valence-corrected chi connectivity index (χ1v) is 11.8. The van der Waals surface area contributed by atoms with Gasteiger partial charge in [-0.05, 0) is 59.5 Å². The van der Waals surface area contributed by atoms with Crippen LogP contribution in [-0.4, -0.2) is 14.3 Å². The molecular formula is C24H22ClN3O4S. The highest BCUT2D eigenvalue weighted by atomic mass is 35.5. The van der Waals surface area contributed by atoms with Crippen LogP contribution in [0.1, 0.15) is 42.3 Å². The van der Waals surface area contributed by atoms with Crippen LogP contribution in [0.25, 0.3) is 0 Å². The van der Waals surface area contributed by atoms with Crippen molar-refractivity contribution < 1.29 is 17.9 Å². The van der Waals surface area contributed by atoms with Crippen LogP contribution >= 0.6 is 11.6 Å². The molecule has 0 aliphatic rings. The Morgan fingerprint density at radius 3 is 2.39 bits per heavy atom. The number of halogens is 1. The molecule has 7 nitrogen and oxygen atoms in total. The van der Waals surface area contributed by atoms with Crippen LogP contribution in [0.2, 0.25) is 5.02 Å². The van der Waals surface area contributed by atoms with Crippen molar-refractivity contribution in [3.05, 3.63) is 82.4 Å². The van der Waals surface area contributed by atoms with E-state index in [9.17, 15) is 13.2 Å². The number of benzene rings is 3. The molecule has 0 radical (unpaired) electrons. The minimum atomic E-state index is -3.92. The van der Waals surface area contributed by atoms with Gasteiger partial charge in [-0.2, -0.15) is 5.26 Å². The number of ether oxygens (including phenoxy) is 1. The van der Waals surface area contributed by atoms with Gasteiger partial charge in [-0.25, -0.2) is 13.6 Å². The first-order valence-electron chi connectivity index (χ1n) is 9.85. The summed E-state index contributed by atoms with van der Waals surface area (Å²) >= 11 is 6.26. The number of hydrogen-bond acceptors (Lipinski definition) is 5. The predicted molar refractivity (Wildman–Crippen MR) is 127 cm³/mol. The predicted octanol–water partition coefficient (Wildman–Crippen LogP) is 5.20. The van der Waals surface area contributed by atoms with Gasteiger partial charge in [-0.1, -0.05) is 44.5 Å². The number of anilines is 1. The molecule has 0 aliphatic carbocycles. The molecule has 0 aliphatic heterocycles. The van der Waals surface area contributed by atoms with Gasteiger partial charge in [0, 0.05) is 5.69 Å². The van der Waals surface area contributed by atoms with Gasteiger partial charge in [-0.15, -0.1) is 0 Å². The van der Waals surface area contributed by atoms with Crippen molar-refractivity contribution in [1.82, 2.24) is 0 Å². The molecule has 0 unspecified atom stereocenters. The molecule has 0 heterocycles. The minimum absolute atomic E-state index is 0.121. The molecule has 9 heteroatoms. The van der Waals surface area contributed by atoms with E-state index in [4.69, 9.17) is 26.7 Å². The molecule has 0 fully saturated rings. The second-order valence-corrected chi connectivity index (χ2v) is 10.3. The van der Waals surface area contributed by atoms with E-state index in [0.717, 1.165) is 5.56 Å². The average Bonchev–Trinajstić information content (AvgIpc) is 2.74. The van der Waals surface area contributed by atoms with Gasteiger partial charge < -0.3 is 10.1 Å². The molecule has 33 heavy (non-hydrogen) atoms. The Morgan fingerprint density at radius 1 is 1.06 bits per heavy atom. The lowest BCUT2D eigenvalue weighted by Crippen LogP contribution is -2.17. The number of carbonyl (C=O) groups is 1. The van der Waals surface area contributed by atoms with Gasteiger partial charge in [-0.3, -0.25) is 4.79 Å². The maximum absolute atomic E-state index is 13.1. The first-order chi connectivity index (χ1) is 15.4. The Kier molecular flexibility index (Phi) is 6.79. The number of rotatable bonds is 5. The maximum atomic E-state index is 13.1. The lowest BCUT2D eigenvalue weighted by molar-refractivity contribution is 0.102. The normalized spacial score (nSPS) is 11.5. The standard InChI is InChI=1S/C24H22ClN3O4S/c1-24(2,3)16-8-9-19(22(12-16)32-21-10-7-15(14-26)11-20(21)25)23(29)28-17-5-4-6-18(13-17)33(27,30)31/h4-13H,1-3H3,(H,28,29)(H2,27,30,31). The van der Waals surface area contributed by atoms with E-state index in [1.165, 1.54) is 24.3 Å². The molecule has 0 aromatic heterocycles. The minimum Gasteiger partial charge on any atom is -0.455 e. The Labute approximate surface area is 197 Å². The fraction of sp³-hybridized carbons (Fsp3) is 0.167. The quantitative estimate of drug-likeness (QED) is 0.516. The summed E-state index contributed by atoms with van der Waals surface area (Å²) in [4.78, 5) is 13.0. The molecule has 3 aromatic carbocycles. The van der Waals surface area contributed by atoms with Crippen LogP contribution < -0.4 is 15.2 Å². The number of hydrogen-bond donors (Lipinski definition) is 2. The van der Waals surface area contributed by atoms with Gasteiger partial charge in [0.05, 0.1) is 27.1 Å². The van der Waals surface area contributed by atoms with Crippen molar-refractivity contribution in [3.8, 4) is 17.6 Å². The number of carbonyl (C=O) groups excluding carboxylic acids is 1. The number of amides is 1. The highest BCUT2D eigenvalue weighted by Crippen LogP contribution is 2.35. The lowest BCUT2D eigenvalue weighted by atomic mass is 9.86. The van der Waals surface area contributed by atoms with E-state index < -0.39 is 15.9 Å². The summed E-state index contributed by atoms with van der Waals surface area (Å²) in [5, 5.41) is 17.1. The van der Waals surface area contributed by atoms with Crippen LogP contribution in [0, 0.1) is 11.3 Å². The highest BCUT2D eigenvalue weighted by molar-refractivity contribution is 7.89. The third-order valence-electron chi connectivity index (χ3n) is 4.79. The summed E-state index contributed by atoms with van der Waals surface area (Å²) in [6.07, 6.45) is 0. The molecular weight excluding hydrogens is 462 g/mol. The van der Waals surface area contributed by atoms with Crippen molar-refractivity contribution >= 4 is 33.2 Å². The van der Waals surface area contributed by atoms with Crippen molar-refractivity contribution in [3.63, 3.8) is 0 Å². The molecule has 0 saturated carbocycles. The van der Waals surface area contributed by atoms with E-state index in [0.29, 0.717) is 5.56 Å². The van der Waals surface area contributed by atoms with Crippen LogP contribution in [0.15, 0.2) is 65.6 Å². The van der Waals surface area contributed by atoms with Gasteiger partial charge in [0.1, 0.15) is 11.5 Å². The zero-order chi connectivity index (χ0) is 24.4. The van der Waals surface area contributed by atoms with Gasteiger partial charge in [0.2, 0.25) is 10.0 Å². The molecule has 0 bridgehead atoms. The molecule has 0 atom stereocenters. The fourth-order valence-electron chi connectivity index (χ4n) is 2.98. The number of primary sulfonamides is 1. The molecule has 1 amide bonds. The second kappa shape index (κ2) is 9.24. The summed E-state index contributed by atoms with van der Waals surface area (Å²) in [5.74, 6) is 0.0305. The Morgan fingerprint density at radius 2 is 1.79 bits per heavy atom. The van der Waals surface area contributed by atoms with Gasteiger partial charge >= 0.3 is 0 Å². The number of sulfonamides is 1. The van der Waals surface area contributed by atoms with Crippen LogP contribution in [0.3, 0.4) is 0 Å². The van der Waals surface area contributed by atoms with Crippen molar-refractivity contribution in [2.75, 3.05) is 5.32 Å². The topological polar surface area (TPSA) is 122 Å². The van der Waals surface area contributed by atoms with Gasteiger partial charge in [0.25, 0.3) is 5.91 Å². The third-order valence-corrected chi connectivity index (χ3v) is 6.00. The Balaban J connectivity index is 2.01. The van der Waals surface area contributed by atoms with E-state index in [-0.39, 0.29) is 38.1 Å². The Hall–Kier alpha value is -3.38. The Bertz CT molecular complexity index is 1370. The van der Waals surface area contributed by atoms with Crippen molar-refractivity contribution in [1.29, 1.82) is 5.26 Å². The number of nitrogens with zero attached hydrogens (tertiary/aromatic N) is 1. The number of nitriles is 1. The van der Waals surface area contributed by atoms with Crippen molar-refractivity contribution in [2.24, 2.45) is 5.14 Å². The zero-order valence-electron chi connectivity index (χ0n) is 18.2.